The molecule has 3 nitrogen and oxygen atoms in total. The van der Waals surface area contributed by atoms with Crippen molar-refractivity contribution in [2.24, 2.45) is 0 Å². The molecular weight excluding hydrogens is 240 g/mol. The van der Waals surface area contributed by atoms with Gasteiger partial charge in [0.25, 0.3) is 0 Å². The molecule has 0 bridgehead atoms. The van der Waals surface area contributed by atoms with Crippen LogP contribution in [0.5, 0.6) is 11.5 Å². The van der Waals surface area contributed by atoms with Crippen molar-refractivity contribution in [1.29, 1.82) is 0 Å². The van der Waals surface area contributed by atoms with E-state index < -0.39 is 6.10 Å². The first-order valence-corrected chi connectivity index (χ1v) is 6.36. The third kappa shape index (κ3) is 2.17. The Morgan fingerprint density at radius 1 is 1.11 bits per heavy atom. The second-order valence-corrected chi connectivity index (χ2v) is 4.64. The molecule has 0 spiro atoms. The van der Waals surface area contributed by atoms with Gasteiger partial charge in [-0.05, 0) is 17.7 Å². The van der Waals surface area contributed by atoms with Crippen molar-refractivity contribution in [2.45, 2.75) is 18.6 Å². The number of benzene rings is 2. The molecule has 0 radical (unpaired) electrons. The standard InChI is InChI=1S/C16H16O3/c1-18-13-8-5-9-14-16(13)12(17)10-15(19-14)11-6-3-2-4-7-11/h2-9,12,15,17H,10H2,1H3/t12-,15-/m0/s1. The fraction of sp³-hybridized carbons (Fsp3) is 0.250. The zero-order valence-electron chi connectivity index (χ0n) is 10.7. The summed E-state index contributed by atoms with van der Waals surface area (Å²) in [6.07, 6.45) is -0.141. The van der Waals surface area contributed by atoms with Crippen molar-refractivity contribution in [1.82, 2.24) is 0 Å². The average Bonchev–Trinajstić information content (AvgIpc) is 2.47. The largest absolute Gasteiger partial charge is 0.496 e. The molecule has 3 rings (SSSR count). The van der Waals surface area contributed by atoms with E-state index in [0.717, 1.165) is 11.1 Å². The molecule has 2 aromatic rings. The maximum atomic E-state index is 10.3. The van der Waals surface area contributed by atoms with Crippen molar-refractivity contribution in [3.63, 3.8) is 0 Å². The molecule has 1 N–H and O–H groups in total. The average molecular weight is 256 g/mol. The molecule has 0 amide bonds. The molecule has 1 aliphatic rings. The van der Waals surface area contributed by atoms with Crippen molar-refractivity contribution in [2.75, 3.05) is 7.11 Å². The monoisotopic (exact) mass is 256 g/mol. The zero-order valence-corrected chi connectivity index (χ0v) is 10.7. The maximum absolute atomic E-state index is 10.3. The molecule has 98 valence electrons. The van der Waals surface area contributed by atoms with Crippen LogP contribution in [0.2, 0.25) is 0 Å². The third-order valence-electron chi connectivity index (χ3n) is 3.46. The number of hydrogen-bond acceptors (Lipinski definition) is 3. The fourth-order valence-corrected chi connectivity index (χ4v) is 2.53. The minimum Gasteiger partial charge on any atom is -0.496 e. The number of ether oxygens (including phenoxy) is 2. The predicted molar refractivity (Wildman–Crippen MR) is 72.4 cm³/mol. The second-order valence-electron chi connectivity index (χ2n) is 4.64. The molecule has 0 aromatic heterocycles. The summed E-state index contributed by atoms with van der Waals surface area (Å²) in [5, 5.41) is 10.3. The lowest BCUT2D eigenvalue weighted by molar-refractivity contribution is 0.0633. The molecule has 0 unspecified atom stereocenters. The van der Waals surface area contributed by atoms with E-state index in [1.807, 2.05) is 48.5 Å². The van der Waals surface area contributed by atoms with E-state index in [0.29, 0.717) is 17.9 Å². The maximum Gasteiger partial charge on any atom is 0.129 e. The first-order chi connectivity index (χ1) is 9.29. The van der Waals surface area contributed by atoms with E-state index >= 15 is 0 Å². The Bertz CT molecular complexity index is 565. The van der Waals surface area contributed by atoms with Crippen LogP contribution in [-0.4, -0.2) is 12.2 Å². The molecule has 0 fully saturated rings. The van der Waals surface area contributed by atoms with Crippen LogP contribution in [0.15, 0.2) is 48.5 Å². The van der Waals surface area contributed by atoms with Gasteiger partial charge < -0.3 is 14.6 Å². The molecular formula is C16H16O3. The molecule has 2 aromatic carbocycles. The number of aliphatic hydroxyl groups excluding tert-OH is 1. The Balaban J connectivity index is 1.97. The van der Waals surface area contributed by atoms with Gasteiger partial charge in [0.15, 0.2) is 0 Å². The van der Waals surface area contributed by atoms with Crippen LogP contribution < -0.4 is 9.47 Å². The van der Waals surface area contributed by atoms with Crippen LogP contribution in [-0.2, 0) is 0 Å². The van der Waals surface area contributed by atoms with Crippen LogP contribution in [0.1, 0.15) is 29.8 Å². The van der Waals surface area contributed by atoms with Crippen LogP contribution in [0.25, 0.3) is 0 Å². The number of methoxy groups -OCH3 is 1. The van der Waals surface area contributed by atoms with Crippen LogP contribution >= 0.6 is 0 Å². The molecule has 19 heavy (non-hydrogen) atoms. The molecule has 0 aliphatic carbocycles. The Kier molecular flexibility index (Phi) is 3.13. The molecule has 3 heteroatoms. The molecule has 1 heterocycles. The highest BCUT2D eigenvalue weighted by Gasteiger charge is 2.30. The molecule has 2 atom stereocenters. The minimum absolute atomic E-state index is 0.115. The summed E-state index contributed by atoms with van der Waals surface area (Å²) >= 11 is 0. The van der Waals surface area contributed by atoms with Crippen LogP contribution in [0, 0.1) is 0 Å². The number of fused-ring (bicyclic) bond motifs is 1. The lowest BCUT2D eigenvalue weighted by Gasteiger charge is -2.30. The van der Waals surface area contributed by atoms with E-state index in [1.54, 1.807) is 7.11 Å². The topological polar surface area (TPSA) is 38.7 Å². The van der Waals surface area contributed by atoms with E-state index in [1.165, 1.54) is 0 Å². The van der Waals surface area contributed by atoms with Gasteiger partial charge in [0.2, 0.25) is 0 Å². The van der Waals surface area contributed by atoms with Crippen molar-refractivity contribution in [3.8, 4) is 11.5 Å². The highest BCUT2D eigenvalue weighted by atomic mass is 16.5. The Labute approximate surface area is 112 Å². The lowest BCUT2D eigenvalue weighted by Crippen LogP contribution is -2.19. The second kappa shape index (κ2) is 4.94. The van der Waals surface area contributed by atoms with E-state index in [-0.39, 0.29) is 6.10 Å². The molecule has 1 aliphatic heterocycles. The van der Waals surface area contributed by atoms with E-state index in [4.69, 9.17) is 9.47 Å². The Morgan fingerprint density at radius 2 is 1.89 bits per heavy atom. The normalized spacial score (nSPS) is 21.4. The molecule has 0 saturated heterocycles. The molecule has 0 saturated carbocycles. The summed E-state index contributed by atoms with van der Waals surface area (Å²) in [4.78, 5) is 0. The Morgan fingerprint density at radius 3 is 2.63 bits per heavy atom. The van der Waals surface area contributed by atoms with Gasteiger partial charge in [-0.3, -0.25) is 0 Å². The van der Waals surface area contributed by atoms with Crippen molar-refractivity contribution in [3.05, 3.63) is 59.7 Å². The van der Waals surface area contributed by atoms with Crippen LogP contribution in [0.3, 0.4) is 0 Å². The highest BCUT2D eigenvalue weighted by Crippen LogP contribution is 2.44. The van der Waals surface area contributed by atoms with E-state index in [2.05, 4.69) is 0 Å². The van der Waals surface area contributed by atoms with E-state index in [9.17, 15) is 5.11 Å². The van der Waals surface area contributed by atoms with Gasteiger partial charge in [0, 0.05) is 6.42 Å². The summed E-state index contributed by atoms with van der Waals surface area (Å²) in [6.45, 7) is 0. The summed E-state index contributed by atoms with van der Waals surface area (Å²) in [6, 6.07) is 15.5. The van der Waals surface area contributed by atoms with Gasteiger partial charge in [-0.2, -0.15) is 0 Å². The van der Waals surface area contributed by atoms with Crippen LogP contribution in [0.4, 0.5) is 0 Å². The third-order valence-corrected chi connectivity index (χ3v) is 3.46. The first kappa shape index (κ1) is 12.1. The smallest absolute Gasteiger partial charge is 0.129 e. The summed E-state index contributed by atoms with van der Waals surface area (Å²) < 4.78 is 11.3. The van der Waals surface area contributed by atoms with Gasteiger partial charge in [-0.1, -0.05) is 36.4 Å². The lowest BCUT2D eigenvalue weighted by atomic mass is 9.94. The van der Waals surface area contributed by atoms with Crippen molar-refractivity contribution >= 4 is 0 Å². The van der Waals surface area contributed by atoms with Gasteiger partial charge in [0.1, 0.15) is 17.6 Å². The van der Waals surface area contributed by atoms with Gasteiger partial charge in [-0.15, -0.1) is 0 Å². The highest BCUT2D eigenvalue weighted by molar-refractivity contribution is 5.48. The summed E-state index contributed by atoms with van der Waals surface area (Å²) in [7, 11) is 1.60. The fourth-order valence-electron chi connectivity index (χ4n) is 2.53. The first-order valence-electron chi connectivity index (χ1n) is 6.36. The minimum atomic E-state index is -0.565. The quantitative estimate of drug-likeness (QED) is 0.896. The summed E-state index contributed by atoms with van der Waals surface area (Å²) in [5.74, 6) is 1.38. The Hall–Kier alpha value is -2.00. The van der Waals surface area contributed by atoms with Crippen molar-refractivity contribution < 1.29 is 14.6 Å². The summed E-state index contributed by atoms with van der Waals surface area (Å²) in [5.41, 5.74) is 1.83. The van der Waals surface area contributed by atoms with Gasteiger partial charge in [-0.25, -0.2) is 0 Å². The number of hydrogen-bond donors (Lipinski definition) is 1. The number of rotatable bonds is 2. The van der Waals surface area contributed by atoms with Gasteiger partial charge >= 0.3 is 0 Å². The predicted octanol–water partition coefficient (Wildman–Crippen LogP) is 3.25. The SMILES string of the molecule is COc1cccc2c1[C@@H](O)C[C@@H](c1ccccc1)O2. The number of aliphatic hydroxyl groups is 1. The van der Waals surface area contributed by atoms with Gasteiger partial charge in [0.05, 0.1) is 18.8 Å². The zero-order chi connectivity index (χ0) is 13.2.